The topological polar surface area (TPSA) is 72.9 Å². The van der Waals surface area contributed by atoms with Gasteiger partial charge in [-0.2, -0.15) is 5.10 Å². The highest BCUT2D eigenvalue weighted by Gasteiger charge is 2.38. The molecule has 100 valence electrons. The van der Waals surface area contributed by atoms with Gasteiger partial charge < -0.3 is 11.1 Å². The summed E-state index contributed by atoms with van der Waals surface area (Å²) >= 11 is 0. The van der Waals surface area contributed by atoms with Crippen molar-refractivity contribution in [3.63, 3.8) is 0 Å². The van der Waals surface area contributed by atoms with Crippen molar-refractivity contribution >= 4 is 11.6 Å². The molecule has 0 radical (unpaired) electrons. The van der Waals surface area contributed by atoms with Crippen LogP contribution in [0, 0.1) is 12.8 Å². The van der Waals surface area contributed by atoms with Gasteiger partial charge in [-0.25, -0.2) is 0 Å². The molecule has 2 rings (SSSR count). The zero-order valence-corrected chi connectivity index (χ0v) is 11.4. The van der Waals surface area contributed by atoms with Crippen LogP contribution in [0.3, 0.4) is 0 Å². The summed E-state index contributed by atoms with van der Waals surface area (Å²) < 4.78 is 1.68. The molecule has 0 bridgehead atoms. The molecule has 2 unspecified atom stereocenters. The molecule has 2 atom stereocenters. The number of aromatic nitrogens is 2. The number of carbonyl (C=O) groups excluding carboxylic acids is 1. The molecule has 0 spiro atoms. The summed E-state index contributed by atoms with van der Waals surface area (Å²) in [4.78, 5) is 12.2. The predicted octanol–water partition coefficient (Wildman–Crippen LogP) is 1.71. The maximum absolute atomic E-state index is 12.2. The first kappa shape index (κ1) is 12.9. The van der Waals surface area contributed by atoms with E-state index in [1.54, 1.807) is 4.68 Å². The second-order valence-corrected chi connectivity index (χ2v) is 5.03. The van der Waals surface area contributed by atoms with Crippen LogP contribution in [0.5, 0.6) is 0 Å². The van der Waals surface area contributed by atoms with Crippen molar-refractivity contribution in [2.45, 2.75) is 52.6 Å². The van der Waals surface area contributed by atoms with Crippen LogP contribution < -0.4 is 11.1 Å². The van der Waals surface area contributed by atoms with Crippen molar-refractivity contribution < 1.29 is 4.79 Å². The van der Waals surface area contributed by atoms with Crippen molar-refractivity contribution in [2.75, 3.05) is 5.73 Å². The highest BCUT2D eigenvalue weighted by molar-refractivity contribution is 5.98. The second-order valence-electron chi connectivity index (χ2n) is 5.03. The third-order valence-corrected chi connectivity index (χ3v) is 3.59. The van der Waals surface area contributed by atoms with E-state index in [-0.39, 0.29) is 5.91 Å². The van der Waals surface area contributed by atoms with Gasteiger partial charge in [0.15, 0.2) is 0 Å². The summed E-state index contributed by atoms with van der Waals surface area (Å²) in [5.74, 6) is 0.567. The first-order chi connectivity index (χ1) is 8.58. The SMILES string of the molecule is CCCC1CC1NC(=O)c1c(N)c(C)nn1CC. The Morgan fingerprint density at radius 3 is 2.89 bits per heavy atom. The van der Waals surface area contributed by atoms with Crippen LogP contribution in [0.1, 0.15) is 49.3 Å². The molecule has 3 N–H and O–H groups in total. The molecular weight excluding hydrogens is 228 g/mol. The van der Waals surface area contributed by atoms with Gasteiger partial charge >= 0.3 is 0 Å². The summed E-state index contributed by atoms with van der Waals surface area (Å²) in [6.45, 7) is 6.61. The smallest absolute Gasteiger partial charge is 0.271 e. The molecule has 0 aliphatic heterocycles. The van der Waals surface area contributed by atoms with Crippen molar-refractivity contribution in [3.05, 3.63) is 11.4 Å². The van der Waals surface area contributed by atoms with Gasteiger partial charge in [-0.3, -0.25) is 9.48 Å². The number of nitrogens with zero attached hydrogens (tertiary/aromatic N) is 2. The van der Waals surface area contributed by atoms with E-state index in [0.29, 0.717) is 29.9 Å². The van der Waals surface area contributed by atoms with E-state index in [0.717, 1.165) is 12.1 Å². The number of carbonyl (C=O) groups is 1. The quantitative estimate of drug-likeness (QED) is 0.835. The van der Waals surface area contributed by atoms with Crippen LogP contribution in [0.25, 0.3) is 0 Å². The van der Waals surface area contributed by atoms with Gasteiger partial charge in [0.25, 0.3) is 5.91 Å². The van der Waals surface area contributed by atoms with Crippen LogP contribution >= 0.6 is 0 Å². The Kier molecular flexibility index (Phi) is 3.59. The summed E-state index contributed by atoms with van der Waals surface area (Å²) in [6.07, 6.45) is 3.45. The zero-order chi connectivity index (χ0) is 13.3. The van der Waals surface area contributed by atoms with Crippen molar-refractivity contribution in [2.24, 2.45) is 5.92 Å². The largest absolute Gasteiger partial charge is 0.395 e. The molecule has 1 heterocycles. The molecule has 1 aromatic rings. The number of hydrogen-bond acceptors (Lipinski definition) is 3. The summed E-state index contributed by atoms with van der Waals surface area (Å²) in [6, 6.07) is 0.331. The highest BCUT2D eigenvalue weighted by atomic mass is 16.2. The van der Waals surface area contributed by atoms with Crippen LogP contribution in [0.15, 0.2) is 0 Å². The fourth-order valence-corrected chi connectivity index (χ4v) is 2.41. The average molecular weight is 250 g/mol. The van der Waals surface area contributed by atoms with Gasteiger partial charge in [0.2, 0.25) is 0 Å². The number of nitrogen functional groups attached to an aromatic ring is 1. The van der Waals surface area contributed by atoms with Crippen LogP contribution in [0.2, 0.25) is 0 Å². The number of nitrogens with two attached hydrogens (primary N) is 1. The lowest BCUT2D eigenvalue weighted by molar-refractivity contribution is 0.0939. The van der Waals surface area contributed by atoms with Gasteiger partial charge in [-0.05, 0) is 32.6 Å². The maximum Gasteiger partial charge on any atom is 0.271 e. The lowest BCUT2D eigenvalue weighted by Gasteiger charge is -2.07. The standard InChI is InChI=1S/C13H22N4O/c1-4-6-9-7-10(9)15-13(18)12-11(14)8(3)16-17(12)5-2/h9-10H,4-7,14H2,1-3H3,(H,15,18). The zero-order valence-electron chi connectivity index (χ0n) is 11.4. The molecule has 5 nitrogen and oxygen atoms in total. The van der Waals surface area contributed by atoms with Crippen LogP contribution in [-0.4, -0.2) is 21.7 Å². The minimum atomic E-state index is -0.0847. The van der Waals surface area contributed by atoms with E-state index in [1.165, 1.54) is 12.8 Å². The summed E-state index contributed by atoms with van der Waals surface area (Å²) in [7, 11) is 0. The summed E-state index contributed by atoms with van der Waals surface area (Å²) in [5, 5.41) is 7.32. The first-order valence-electron chi connectivity index (χ1n) is 6.72. The molecular formula is C13H22N4O. The van der Waals surface area contributed by atoms with Gasteiger partial charge in [-0.1, -0.05) is 13.3 Å². The van der Waals surface area contributed by atoms with E-state index in [9.17, 15) is 4.79 Å². The lowest BCUT2D eigenvalue weighted by atomic mass is 10.2. The monoisotopic (exact) mass is 250 g/mol. The van der Waals surface area contributed by atoms with Gasteiger partial charge in [-0.15, -0.1) is 0 Å². The Morgan fingerprint density at radius 1 is 1.56 bits per heavy atom. The van der Waals surface area contributed by atoms with E-state index in [4.69, 9.17) is 5.73 Å². The van der Waals surface area contributed by atoms with Crippen LogP contribution in [0.4, 0.5) is 5.69 Å². The molecule has 0 saturated heterocycles. The molecule has 1 aromatic heterocycles. The van der Waals surface area contributed by atoms with Crippen LogP contribution in [-0.2, 0) is 6.54 Å². The normalized spacial score (nSPS) is 21.9. The molecule has 1 fully saturated rings. The summed E-state index contributed by atoms with van der Waals surface area (Å²) in [5.41, 5.74) is 7.66. The number of amides is 1. The third kappa shape index (κ3) is 2.35. The molecule has 1 amide bonds. The fraction of sp³-hybridized carbons (Fsp3) is 0.692. The van der Waals surface area contributed by atoms with Gasteiger partial charge in [0.1, 0.15) is 5.69 Å². The van der Waals surface area contributed by atoms with E-state index in [1.807, 2.05) is 13.8 Å². The number of aryl methyl sites for hydroxylation is 2. The van der Waals surface area contributed by atoms with E-state index in [2.05, 4.69) is 17.3 Å². The molecule has 5 heteroatoms. The van der Waals surface area contributed by atoms with Gasteiger partial charge in [0.05, 0.1) is 11.4 Å². The number of rotatable bonds is 5. The lowest BCUT2D eigenvalue weighted by Crippen LogP contribution is -2.29. The van der Waals surface area contributed by atoms with Gasteiger partial charge in [0, 0.05) is 12.6 Å². The minimum absolute atomic E-state index is 0.0847. The molecule has 0 aromatic carbocycles. The second kappa shape index (κ2) is 5.00. The molecule has 1 aliphatic rings. The Labute approximate surface area is 108 Å². The van der Waals surface area contributed by atoms with Crippen molar-refractivity contribution in [1.29, 1.82) is 0 Å². The Hall–Kier alpha value is -1.52. The minimum Gasteiger partial charge on any atom is -0.395 e. The van der Waals surface area contributed by atoms with E-state index >= 15 is 0 Å². The predicted molar refractivity (Wildman–Crippen MR) is 71.3 cm³/mol. The number of hydrogen-bond donors (Lipinski definition) is 2. The molecule has 1 saturated carbocycles. The fourth-order valence-electron chi connectivity index (χ4n) is 2.41. The molecule has 1 aliphatic carbocycles. The Bertz CT molecular complexity index is 452. The number of anilines is 1. The van der Waals surface area contributed by atoms with Crippen molar-refractivity contribution in [3.8, 4) is 0 Å². The Morgan fingerprint density at radius 2 is 2.28 bits per heavy atom. The third-order valence-electron chi connectivity index (χ3n) is 3.59. The Balaban J connectivity index is 2.05. The average Bonchev–Trinajstić information content (AvgIpc) is 2.98. The molecule has 18 heavy (non-hydrogen) atoms. The van der Waals surface area contributed by atoms with E-state index < -0.39 is 0 Å². The highest BCUT2D eigenvalue weighted by Crippen LogP contribution is 2.34. The number of nitrogens with one attached hydrogen (secondary N) is 1. The maximum atomic E-state index is 12.2. The van der Waals surface area contributed by atoms with Crippen molar-refractivity contribution in [1.82, 2.24) is 15.1 Å². The first-order valence-corrected chi connectivity index (χ1v) is 6.72.